The van der Waals surface area contributed by atoms with E-state index in [1.807, 2.05) is 6.92 Å². The first-order chi connectivity index (χ1) is 18.7. The van der Waals surface area contributed by atoms with Gasteiger partial charge in [0.25, 0.3) is 10.1 Å². The van der Waals surface area contributed by atoms with Crippen molar-refractivity contribution in [1.29, 1.82) is 0 Å². The van der Waals surface area contributed by atoms with E-state index in [0.717, 1.165) is 29.7 Å². The lowest BCUT2D eigenvalue weighted by Gasteiger charge is -2.65. The predicted octanol–water partition coefficient (Wildman–Crippen LogP) is 7.28. The molecule has 0 spiro atoms. The summed E-state index contributed by atoms with van der Waals surface area (Å²) < 4.78 is 31.8. The maximum atomic E-state index is 13.0. The molecule has 5 nitrogen and oxygen atoms in total. The molecule has 0 saturated heterocycles. The van der Waals surface area contributed by atoms with Gasteiger partial charge in [0.05, 0.1) is 22.7 Å². The lowest BCUT2D eigenvalue weighted by atomic mass is 9.42. The highest BCUT2D eigenvalue weighted by molar-refractivity contribution is 7.86. The minimum absolute atomic E-state index is 0.142. The molecule has 10 atom stereocenters. The lowest BCUT2D eigenvalue weighted by molar-refractivity contribution is -0.263. The van der Waals surface area contributed by atoms with E-state index >= 15 is 0 Å². The summed E-state index contributed by atoms with van der Waals surface area (Å²) in [6.45, 7) is 13.8. The van der Waals surface area contributed by atoms with Crippen LogP contribution >= 0.6 is 0 Å². The van der Waals surface area contributed by atoms with Crippen molar-refractivity contribution >= 4 is 10.1 Å². The number of fused-ring (bicyclic) bond motifs is 5. The van der Waals surface area contributed by atoms with Crippen LogP contribution in [0.2, 0.25) is 0 Å². The van der Waals surface area contributed by atoms with Crippen molar-refractivity contribution in [1.82, 2.24) is 0 Å². The second-order valence-electron chi connectivity index (χ2n) is 15.2. The van der Waals surface area contributed by atoms with Gasteiger partial charge in [-0.2, -0.15) is 8.42 Å². The summed E-state index contributed by atoms with van der Waals surface area (Å²) in [4.78, 5) is 0.142. The third-order valence-corrected chi connectivity index (χ3v) is 14.0. The molecule has 1 aromatic rings. The molecule has 4 aliphatic carbocycles. The first-order valence-electron chi connectivity index (χ1n) is 16.1. The summed E-state index contributed by atoms with van der Waals surface area (Å²) in [5.41, 5.74) is -0.480. The molecular weight excluding hydrogens is 520 g/mol. The summed E-state index contributed by atoms with van der Waals surface area (Å²) >= 11 is 0. The SMILES string of the molecule is Cc1ccc(S(=O)(=O)O[C@H]2CC[C@]3(C)[C@H]4CC[C@]5(C)[C@@H]([C@H](C)CCCC(C)C)CC[C@H]5[C@@H]4C[C@@H](O)[C@@]3(O)C2)cc1. The molecule has 0 unspecified atom stereocenters. The van der Waals surface area contributed by atoms with E-state index in [4.69, 9.17) is 4.18 Å². The number of hydrogen-bond donors (Lipinski definition) is 2. The van der Waals surface area contributed by atoms with Crippen LogP contribution in [0.25, 0.3) is 0 Å². The Kier molecular flexibility index (Phi) is 8.35. The van der Waals surface area contributed by atoms with Gasteiger partial charge in [0.1, 0.15) is 0 Å². The highest BCUT2D eigenvalue weighted by Gasteiger charge is 2.67. The molecule has 0 bridgehead atoms. The highest BCUT2D eigenvalue weighted by atomic mass is 32.2. The van der Waals surface area contributed by atoms with Gasteiger partial charge in [-0.05, 0) is 105 Å². The second-order valence-corrected chi connectivity index (χ2v) is 16.8. The zero-order valence-electron chi connectivity index (χ0n) is 25.7. The number of aliphatic hydroxyl groups is 2. The Morgan fingerprint density at radius 3 is 2.35 bits per heavy atom. The molecule has 0 radical (unpaired) electrons. The number of hydrogen-bond acceptors (Lipinski definition) is 5. The van der Waals surface area contributed by atoms with Gasteiger partial charge >= 0.3 is 0 Å². The largest absolute Gasteiger partial charge is 0.390 e. The summed E-state index contributed by atoms with van der Waals surface area (Å²) in [6.07, 6.45) is 9.28. The summed E-state index contributed by atoms with van der Waals surface area (Å²) in [5.74, 6) is 3.60. The highest BCUT2D eigenvalue weighted by Crippen LogP contribution is 2.69. The van der Waals surface area contributed by atoms with Gasteiger partial charge in [-0.3, -0.25) is 4.18 Å². The van der Waals surface area contributed by atoms with Crippen LogP contribution in [0.1, 0.15) is 111 Å². The van der Waals surface area contributed by atoms with Gasteiger partial charge < -0.3 is 10.2 Å². The molecule has 40 heavy (non-hydrogen) atoms. The van der Waals surface area contributed by atoms with Crippen LogP contribution < -0.4 is 0 Å². The first kappa shape index (κ1) is 30.5. The molecule has 0 amide bonds. The molecule has 6 heteroatoms. The van der Waals surface area contributed by atoms with Crippen LogP contribution in [0.5, 0.6) is 0 Å². The molecular formula is C34H54O5S. The predicted molar refractivity (Wildman–Crippen MR) is 159 cm³/mol. The third-order valence-electron chi connectivity index (χ3n) is 12.6. The Morgan fingerprint density at radius 2 is 1.68 bits per heavy atom. The van der Waals surface area contributed by atoms with Crippen molar-refractivity contribution in [2.24, 2.45) is 46.3 Å². The van der Waals surface area contributed by atoms with Gasteiger partial charge in [0.2, 0.25) is 0 Å². The number of aliphatic hydroxyl groups excluding tert-OH is 1. The smallest absolute Gasteiger partial charge is 0.297 e. The van der Waals surface area contributed by atoms with Crippen LogP contribution in [0.15, 0.2) is 29.2 Å². The zero-order valence-corrected chi connectivity index (χ0v) is 26.6. The molecule has 4 saturated carbocycles. The number of benzene rings is 1. The normalized spacial score (nSPS) is 42.2. The zero-order chi connectivity index (χ0) is 29.1. The van der Waals surface area contributed by atoms with Crippen LogP contribution in [0.4, 0.5) is 0 Å². The van der Waals surface area contributed by atoms with E-state index in [0.29, 0.717) is 42.4 Å². The fraction of sp³-hybridized carbons (Fsp3) is 0.824. The van der Waals surface area contributed by atoms with E-state index in [1.54, 1.807) is 24.3 Å². The Hall–Kier alpha value is -0.950. The van der Waals surface area contributed by atoms with E-state index in [1.165, 1.54) is 38.5 Å². The number of aryl methyl sites for hydroxylation is 1. The van der Waals surface area contributed by atoms with Gasteiger partial charge in [-0.25, -0.2) is 0 Å². The van der Waals surface area contributed by atoms with E-state index in [2.05, 4.69) is 34.6 Å². The summed E-state index contributed by atoms with van der Waals surface area (Å²) in [6, 6.07) is 6.68. The molecule has 5 rings (SSSR count). The second kappa shape index (κ2) is 11.0. The molecule has 0 aromatic heterocycles. The van der Waals surface area contributed by atoms with Crippen molar-refractivity contribution in [2.75, 3.05) is 0 Å². The lowest BCUT2D eigenvalue weighted by Crippen LogP contribution is -2.68. The van der Waals surface area contributed by atoms with Crippen molar-refractivity contribution in [2.45, 2.75) is 135 Å². The van der Waals surface area contributed by atoms with E-state index in [9.17, 15) is 18.6 Å². The Bertz CT molecular complexity index is 1150. The van der Waals surface area contributed by atoms with Crippen LogP contribution in [-0.4, -0.2) is 36.4 Å². The minimum Gasteiger partial charge on any atom is -0.390 e. The topological polar surface area (TPSA) is 83.8 Å². The Labute approximate surface area is 243 Å². The molecule has 0 heterocycles. The van der Waals surface area contributed by atoms with Crippen molar-refractivity contribution < 1.29 is 22.8 Å². The van der Waals surface area contributed by atoms with E-state index in [-0.39, 0.29) is 11.3 Å². The molecule has 2 N–H and O–H groups in total. The van der Waals surface area contributed by atoms with Crippen molar-refractivity contribution in [3.8, 4) is 0 Å². The maximum Gasteiger partial charge on any atom is 0.297 e. The molecule has 0 aliphatic heterocycles. The van der Waals surface area contributed by atoms with E-state index < -0.39 is 33.3 Å². The Balaban J connectivity index is 1.31. The quantitative estimate of drug-likeness (QED) is 0.319. The minimum atomic E-state index is -3.94. The summed E-state index contributed by atoms with van der Waals surface area (Å²) in [7, 11) is -3.94. The standard InChI is InChI=1S/C34H54O5S/c1-22(2)8-7-9-24(4)28-14-15-29-27-20-31(35)34(36)21-25(39-40(37,38)26-12-10-23(3)11-13-26)16-19-33(34,6)30(27)17-18-32(28,29)5/h10-13,22,24-25,27-31,35-36H,7-9,14-21H2,1-6H3/t24-,25+,27+,28-,29+,30+,31-,32-,33-,34+/m1/s1. The third kappa shape index (κ3) is 5.11. The summed E-state index contributed by atoms with van der Waals surface area (Å²) in [5, 5.41) is 23.8. The fourth-order valence-corrected chi connectivity index (χ4v) is 11.4. The number of rotatable bonds is 8. The van der Waals surface area contributed by atoms with Gasteiger partial charge in [0.15, 0.2) is 0 Å². The van der Waals surface area contributed by atoms with Crippen LogP contribution in [-0.2, 0) is 14.3 Å². The average Bonchev–Trinajstić information content (AvgIpc) is 3.23. The fourth-order valence-electron chi connectivity index (χ4n) is 10.3. The molecule has 4 aliphatic rings. The first-order valence-corrected chi connectivity index (χ1v) is 17.5. The van der Waals surface area contributed by atoms with Crippen LogP contribution in [0, 0.1) is 53.3 Å². The molecule has 226 valence electrons. The van der Waals surface area contributed by atoms with Gasteiger partial charge in [-0.1, -0.05) is 71.6 Å². The van der Waals surface area contributed by atoms with Gasteiger partial charge in [-0.15, -0.1) is 0 Å². The average molecular weight is 575 g/mol. The van der Waals surface area contributed by atoms with Crippen molar-refractivity contribution in [3.63, 3.8) is 0 Å². The van der Waals surface area contributed by atoms with Crippen LogP contribution in [0.3, 0.4) is 0 Å². The maximum absolute atomic E-state index is 13.0. The molecule has 4 fully saturated rings. The monoisotopic (exact) mass is 574 g/mol. The molecule has 1 aromatic carbocycles. The Morgan fingerprint density at radius 1 is 0.975 bits per heavy atom. The van der Waals surface area contributed by atoms with Crippen molar-refractivity contribution in [3.05, 3.63) is 29.8 Å². The van der Waals surface area contributed by atoms with Gasteiger partial charge in [0, 0.05) is 11.8 Å².